The minimum absolute atomic E-state index is 0.00463. The van der Waals surface area contributed by atoms with Crippen molar-refractivity contribution in [2.75, 3.05) is 0 Å². The van der Waals surface area contributed by atoms with Gasteiger partial charge in [-0.2, -0.15) is 0 Å². The Morgan fingerprint density at radius 2 is 2.00 bits per heavy atom. The third-order valence-electron chi connectivity index (χ3n) is 2.66. The third kappa shape index (κ3) is 1.92. The van der Waals surface area contributed by atoms with Crippen LogP contribution >= 0.6 is 0 Å². The van der Waals surface area contributed by atoms with Gasteiger partial charge in [0.2, 0.25) is 0 Å². The second-order valence-corrected chi connectivity index (χ2v) is 4.35. The van der Waals surface area contributed by atoms with Gasteiger partial charge in [-0.25, -0.2) is 0 Å². The van der Waals surface area contributed by atoms with E-state index in [9.17, 15) is 4.79 Å². The summed E-state index contributed by atoms with van der Waals surface area (Å²) >= 11 is 0. The first-order valence-electron chi connectivity index (χ1n) is 4.94. The SMILES string of the molecule is CC1(C)O[C@H]2CCCC(=O)C[C@H]2O1. The zero-order chi connectivity index (χ0) is 9.47. The standard InChI is InChI=1S/C10H16O3/c1-10(2)12-8-5-3-4-7(11)6-9(8)13-10/h8-9H,3-6H2,1-2H3/t8-,9+/m0/s1. The lowest BCUT2D eigenvalue weighted by Crippen LogP contribution is -2.23. The lowest BCUT2D eigenvalue weighted by atomic mass is 10.1. The number of ether oxygens (including phenoxy) is 2. The Labute approximate surface area is 78.4 Å². The number of rotatable bonds is 0. The van der Waals surface area contributed by atoms with Gasteiger partial charge in [-0.1, -0.05) is 0 Å². The van der Waals surface area contributed by atoms with Gasteiger partial charge in [0.25, 0.3) is 0 Å². The van der Waals surface area contributed by atoms with Gasteiger partial charge in [-0.3, -0.25) is 4.79 Å². The Morgan fingerprint density at radius 1 is 1.31 bits per heavy atom. The fourth-order valence-corrected chi connectivity index (χ4v) is 2.15. The summed E-state index contributed by atoms with van der Waals surface area (Å²) in [6, 6.07) is 0. The molecule has 1 heterocycles. The molecule has 74 valence electrons. The Hall–Kier alpha value is -0.410. The quantitative estimate of drug-likeness (QED) is 0.574. The molecule has 2 rings (SSSR count). The molecule has 13 heavy (non-hydrogen) atoms. The Kier molecular flexibility index (Phi) is 2.16. The number of ketones is 1. The first kappa shape index (κ1) is 9.16. The van der Waals surface area contributed by atoms with Crippen LogP contribution in [0.15, 0.2) is 0 Å². The molecule has 1 saturated carbocycles. The summed E-state index contributed by atoms with van der Waals surface area (Å²) < 4.78 is 11.4. The number of hydrogen-bond acceptors (Lipinski definition) is 3. The second-order valence-electron chi connectivity index (χ2n) is 4.35. The molecule has 1 aliphatic carbocycles. The van der Waals surface area contributed by atoms with E-state index in [0.717, 1.165) is 12.8 Å². The third-order valence-corrected chi connectivity index (χ3v) is 2.66. The molecule has 2 fully saturated rings. The van der Waals surface area contributed by atoms with E-state index >= 15 is 0 Å². The zero-order valence-corrected chi connectivity index (χ0v) is 8.21. The molecule has 3 nitrogen and oxygen atoms in total. The van der Waals surface area contributed by atoms with Crippen LogP contribution in [-0.4, -0.2) is 23.8 Å². The van der Waals surface area contributed by atoms with Crippen molar-refractivity contribution in [3.8, 4) is 0 Å². The van der Waals surface area contributed by atoms with Crippen molar-refractivity contribution in [1.29, 1.82) is 0 Å². The van der Waals surface area contributed by atoms with Gasteiger partial charge in [-0.05, 0) is 26.7 Å². The van der Waals surface area contributed by atoms with Crippen molar-refractivity contribution < 1.29 is 14.3 Å². The molecule has 1 aliphatic heterocycles. The van der Waals surface area contributed by atoms with Gasteiger partial charge in [0.05, 0.1) is 12.2 Å². The highest BCUT2D eigenvalue weighted by molar-refractivity contribution is 5.79. The van der Waals surface area contributed by atoms with Crippen LogP contribution in [0.2, 0.25) is 0 Å². The van der Waals surface area contributed by atoms with E-state index in [0.29, 0.717) is 18.6 Å². The minimum atomic E-state index is -0.493. The topological polar surface area (TPSA) is 35.5 Å². The number of carbonyl (C=O) groups excluding carboxylic acids is 1. The first-order chi connectivity index (χ1) is 6.07. The average molecular weight is 184 g/mol. The van der Waals surface area contributed by atoms with E-state index in [-0.39, 0.29) is 12.2 Å². The number of hydrogen-bond donors (Lipinski definition) is 0. The molecule has 0 aromatic heterocycles. The summed E-state index contributed by atoms with van der Waals surface area (Å²) in [5.74, 6) is -0.179. The van der Waals surface area contributed by atoms with Crippen LogP contribution in [0.4, 0.5) is 0 Å². The molecular formula is C10H16O3. The first-order valence-corrected chi connectivity index (χ1v) is 4.94. The molecule has 0 bridgehead atoms. The normalized spacial score (nSPS) is 38.5. The Morgan fingerprint density at radius 3 is 2.77 bits per heavy atom. The van der Waals surface area contributed by atoms with Gasteiger partial charge in [0, 0.05) is 12.8 Å². The van der Waals surface area contributed by atoms with Crippen molar-refractivity contribution >= 4 is 5.78 Å². The summed E-state index contributed by atoms with van der Waals surface area (Å²) in [5.41, 5.74) is 0. The molecule has 0 unspecified atom stereocenters. The molecule has 0 spiro atoms. The van der Waals surface area contributed by atoms with Crippen molar-refractivity contribution in [2.24, 2.45) is 0 Å². The lowest BCUT2D eigenvalue weighted by Gasteiger charge is -2.17. The van der Waals surface area contributed by atoms with Gasteiger partial charge < -0.3 is 9.47 Å². The number of fused-ring (bicyclic) bond motifs is 1. The predicted octanol–water partition coefficient (Wildman–Crippen LogP) is 1.65. The van der Waals surface area contributed by atoms with E-state index in [2.05, 4.69) is 0 Å². The summed E-state index contributed by atoms with van der Waals surface area (Å²) in [7, 11) is 0. The molecule has 2 atom stereocenters. The molecule has 0 N–H and O–H groups in total. The smallest absolute Gasteiger partial charge is 0.163 e. The summed E-state index contributed by atoms with van der Waals surface area (Å²) in [5, 5.41) is 0. The van der Waals surface area contributed by atoms with E-state index in [1.807, 2.05) is 13.8 Å². The molecule has 0 aromatic carbocycles. The molecule has 0 radical (unpaired) electrons. The molecule has 3 heteroatoms. The van der Waals surface area contributed by atoms with E-state index in [4.69, 9.17) is 9.47 Å². The van der Waals surface area contributed by atoms with Crippen LogP contribution in [0, 0.1) is 0 Å². The number of carbonyl (C=O) groups is 1. The maximum atomic E-state index is 11.3. The van der Waals surface area contributed by atoms with Crippen molar-refractivity contribution in [3.05, 3.63) is 0 Å². The monoisotopic (exact) mass is 184 g/mol. The van der Waals surface area contributed by atoms with Crippen LogP contribution in [0.5, 0.6) is 0 Å². The second kappa shape index (κ2) is 3.07. The molecular weight excluding hydrogens is 168 g/mol. The predicted molar refractivity (Wildman–Crippen MR) is 47.3 cm³/mol. The Bertz CT molecular complexity index is 222. The van der Waals surface area contributed by atoms with Crippen LogP contribution in [0.1, 0.15) is 39.5 Å². The molecule has 1 saturated heterocycles. The van der Waals surface area contributed by atoms with Gasteiger partial charge >= 0.3 is 0 Å². The minimum Gasteiger partial charge on any atom is -0.345 e. The lowest BCUT2D eigenvalue weighted by molar-refractivity contribution is -0.150. The highest BCUT2D eigenvalue weighted by atomic mass is 16.7. The van der Waals surface area contributed by atoms with E-state index in [1.54, 1.807) is 0 Å². The van der Waals surface area contributed by atoms with Crippen molar-refractivity contribution in [1.82, 2.24) is 0 Å². The Balaban J connectivity index is 2.08. The molecule has 0 amide bonds. The molecule has 2 aliphatic rings. The summed E-state index contributed by atoms with van der Waals surface area (Å²) in [6.07, 6.45) is 3.28. The van der Waals surface area contributed by atoms with Crippen molar-refractivity contribution in [2.45, 2.75) is 57.5 Å². The van der Waals surface area contributed by atoms with Crippen LogP contribution in [0.25, 0.3) is 0 Å². The van der Waals surface area contributed by atoms with E-state index < -0.39 is 5.79 Å². The van der Waals surface area contributed by atoms with Crippen LogP contribution < -0.4 is 0 Å². The van der Waals surface area contributed by atoms with Crippen molar-refractivity contribution in [3.63, 3.8) is 0 Å². The zero-order valence-electron chi connectivity index (χ0n) is 8.21. The van der Waals surface area contributed by atoms with E-state index in [1.165, 1.54) is 0 Å². The summed E-state index contributed by atoms with van der Waals surface area (Å²) in [6.45, 7) is 3.82. The van der Waals surface area contributed by atoms with Crippen LogP contribution in [0.3, 0.4) is 0 Å². The highest BCUT2D eigenvalue weighted by Gasteiger charge is 2.42. The maximum absolute atomic E-state index is 11.3. The van der Waals surface area contributed by atoms with Crippen LogP contribution in [-0.2, 0) is 14.3 Å². The van der Waals surface area contributed by atoms with Gasteiger partial charge in [0.15, 0.2) is 5.79 Å². The fourth-order valence-electron chi connectivity index (χ4n) is 2.15. The largest absolute Gasteiger partial charge is 0.345 e. The van der Waals surface area contributed by atoms with Gasteiger partial charge in [-0.15, -0.1) is 0 Å². The fraction of sp³-hybridized carbons (Fsp3) is 0.900. The number of Topliss-reactive ketones (excluding diaryl/α,β-unsaturated/α-hetero) is 1. The van der Waals surface area contributed by atoms with Gasteiger partial charge in [0.1, 0.15) is 5.78 Å². The molecule has 0 aromatic rings. The summed E-state index contributed by atoms with van der Waals surface area (Å²) in [4.78, 5) is 11.3. The highest BCUT2D eigenvalue weighted by Crippen LogP contribution is 2.34. The maximum Gasteiger partial charge on any atom is 0.163 e. The average Bonchev–Trinajstić information content (AvgIpc) is 2.15.